The van der Waals surface area contributed by atoms with Gasteiger partial charge in [0.1, 0.15) is 0 Å². The predicted octanol–water partition coefficient (Wildman–Crippen LogP) is 1.81. The first-order valence-corrected chi connectivity index (χ1v) is 6.23. The molecule has 3 nitrogen and oxygen atoms in total. The molecule has 0 aliphatic carbocycles. The topological polar surface area (TPSA) is 32.3 Å². The zero-order valence-corrected chi connectivity index (χ0v) is 11.1. The van der Waals surface area contributed by atoms with Gasteiger partial charge in [0.25, 0.3) is 0 Å². The molecule has 0 bridgehead atoms. The SMILES string of the molecule is CC1CCC(C)N1C(=O)[C@@H]1CCCNC1.Cl. The second-order valence-electron chi connectivity index (χ2n) is 5.06. The summed E-state index contributed by atoms with van der Waals surface area (Å²) in [5, 5.41) is 3.32. The minimum Gasteiger partial charge on any atom is -0.337 e. The molecule has 2 saturated heterocycles. The Labute approximate surface area is 104 Å². The average Bonchev–Trinajstić information content (AvgIpc) is 2.59. The minimum absolute atomic E-state index is 0. The first-order valence-electron chi connectivity index (χ1n) is 6.23. The van der Waals surface area contributed by atoms with Crippen molar-refractivity contribution >= 4 is 18.3 Å². The van der Waals surface area contributed by atoms with E-state index in [1.807, 2.05) is 0 Å². The molecule has 16 heavy (non-hydrogen) atoms. The Bertz CT molecular complexity index is 231. The van der Waals surface area contributed by atoms with Gasteiger partial charge in [0, 0.05) is 18.6 Å². The summed E-state index contributed by atoms with van der Waals surface area (Å²) in [6, 6.07) is 0.906. The fourth-order valence-electron chi connectivity index (χ4n) is 2.90. The molecular weight excluding hydrogens is 224 g/mol. The van der Waals surface area contributed by atoms with Crippen LogP contribution in [0.2, 0.25) is 0 Å². The van der Waals surface area contributed by atoms with Gasteiger partial charge in [-0.1, -0.05) is 0 Å². The van der Waals surface area contributed by atoms with Crippen LogP contribution in [0.3, 0.4) is 0 Å². The number of halogens is 1. The van der Waals surface area contributed by atoms with E-state index in [2.05, 4.69) is 24.1 Å². The fraction of sp³-hybridized carbons (Fsp3) is 0.917. The van der Waals surface area contributed by atoms with Crippen LogP contribution in [0, 0.1) is 5.92 Å². The van der Waals surface area contributed by atoms with Crippen LogP contribution in [0.5, 0.6) is 0 Å². The summed E-state index contributed by atoms with van der Waals surface area (Å²) in [5.74, 6) is 0.626. The van der Waals surface area contributed by atoms with E-state index < -0.39 is 0 Å². The fourth-order valence-corrected chi connectivity index (χ4v) is 2.90. The summed E-state index contributed by atoms with van der Waals surface area (Å²) in [6.07, 6.45) is 4.56. The maximum Gasteiger partial charge on any atom is 0.227 e. The lowest BCUT2D eigenvalue weighted by Gasteiger charge is -2.32. The second kappa shape index (κ2) is 5.87. The molecule has 3 atom stereocenters. The predicted molar refractivity (Wildman–Crippen MR) is 67.8 cm³/mol. The van der Waals surface area contributed by atoms with Crippen molar-refractivity contribution < 1.29 is 4.79 Å². The Morgan fingerprint density at radius 2 is 1.81 bits per heavy atom. The van der Waals surface area contributed by atoms with E-state index in [1.54, 1.807) is 0 Å². The number of carbonyl (C=O) groups is 1. The monoisotopic (exact) mass is 246 g/mol. The highest BCUT2D eigenvalue weighted by Crippen LogP contribution is 2.26. The van der Waals surface area contributed by atoms with Gasteiger partial charge in [-0.05, 0) is 46.1 Å². The van der Waals surface area contributed by atoms with Crippen molar-refractivity contribution in [1.29, 1.82) is 0 Å². The standard InChI is InChI=1S/C12H22N2O.ClH/c1-9-5-6-10(2)14(9)12(15)11-4-3-7-13-8-11;/h9-11,13H,3-8H2,1-2H3;1H/t9?,10?,11-;/m1./s1. The number of rotatable bonds is 1. The van der Waals surface area contributed by atoms with E-state index in [0.717, 1.165) is 25.9 Å². The molecule has 0 spiro atoms. The number of nitrogens with zero attached hydrogens (tertiary/aromatic N) is 1. The van der Waals surface area contributed by atoms with Crippen molar-refractivity contribution in [3.63, 3.8) is 0 Å². The summed E-state index contributed by atoms with van der Waals surface area (Å²) in [4.78, 5) is 14.4. The third kappa shape index (κ3) is 2.69. The number of amides is 1. The molecule has 0 aromatic heterocycles. The molecule has 4 heteroatoms. The van der Waals surface area contributed by atoms with Gasteiger partial charge < -0.3 is 10.2 Å². The van der Waals surface area contributed by atoms with E-state index in [1.165, 1.54) is 12.8 Å². The van der Waals surface area contributed by atoms with Gasteiger partial charge in [-0.15, -0.1) is 12.4 Å². The first kappa shape index (κ1) is 13.8. The second-order valence-corrected chi connectivity index (χ2v) is 5.06. The van der Waals surface area contributed by atoms with Crippen molar-refractivity contribution in [2.75, 3.05) is 13.1 Å². The van der Waals surface area contributed by atoms with Gasteiger partial charge in [0.05, 0.1) is 5.92 Å². The molecule has 1 amide bonds. The molecule has 2 unspecified atom stereocenters. The zero-order chi connectivity index (χ0) is 10.8. The number of likely N-dealkylation sites (tertiary alicyclic amines) is 1. The van der Waals surface area contributed by atoms with Crippen LogP contribution in [0.4, 0.5) is 0 Å². The Morgan fingerprint density at radius 3 is 2.31 bits per heavy atom. The summed E-state index contributed by atoms with van der Waals surface area (Å²) in [5.41, 5.74) is 0. The quantitative estimate of drug-likeness (QED) is 0.766. The summed E-state index contributed by atoms with van der Waals surface area (Å²) in [6.45, 7) is 6.32. The van der Waals surface area contributed by atoms with Crippen molar-refractivity contribution in [3.05, 3.63) is 0 Å². The Kier molecular flexibility index (Phi) is 5.06. The third-order valence-electron chi connectivity index (χ3n) is 3.85. The Morgan fingerprint density at radius 1 is 1.19 bits per heavy atom. The van der Waals surface area contributed by atoms with Gasteiger partial charge >= 0.3 is 0 Å². The van der Waals surface area contributed by atoms with Gasteiger partial charge in [0.2, 0.25) is 5.91 Å². The van der Waals surface area contributed by atoms with Gasteiger partial charge in [-0.2, -0.15) is 0 Å². The maximum atomic E-state index is 12.3. The number of carbonyl (C=O) groups excluding carboxylic acids is 1. The van der Waals surface area contributed by atoms with Crippen molar-refractivity contribution in [2.45, 2.75) is 51.6 Å². The van der Waals surface area contributed by atoms with Gasteiger partial charge in [0.15, 0.2) is 0 Å². The number of piperidine rings is 1. The van der Waals surface area contributed by atoms with E-state index in [0.29, 0.717) is 18.0 Å². The number of hydrogen-bond donors (Lipinski definition) is 1. The highest BCUT2D eigenvalue weighted by atomic mass is 35.5. The normalized spacial score (nSPS) is 34.6. The van der Waals surface area contributed by atoms with Crippen LogP contribution >= 0.6 is 12.4 Å². The van der Waals surface area contributed by atoms with Crippen LogP contribution in [-0.2, 0) is 4.79 Å². The highest BCUT2D eigenvalue weighted by molar-refractivity contribution is 5.85. The van der Waals surface area contributed by atoms with Crippen LogP contribution in [0.15, 0.2) is 0 Å². The molecule has 94 valence electrons. The lowest BCUT2D eigenvalue weighted by molar-refractivity contribution is -0.138. The summed E-state index contributed by atoms with van der Waals surface area (Å²) < 4.78 is 0. The third-order valence-corrected chi connectivity index (χ3v) is 3.85. The van der Waals surface area contributed by atoms with Crippen molar-refractivity contribution in [2.24, 2.45) is 5.92 Å². The largest absolute Gasteiger partial charge is 0.337 e. The number of hydrogen-bond acceptors (Lipinski definition) is 2. The molecule has 2 fully saturated rings. The molecule has 0 saturated carbocycles. The van der Waals surface area contributed by atoms with Crippen LogP contribution in [0.1, 0.15) is 39.5 Å². The zero-order valence-electron chi connectivity index (χ0n) is 10.2. The molecule has 2 rings (SSSR count). The van der Waals surface area contributed by atoms with Gasteiger partial charge in [-0.25, -0.2) is 0 Å². The molecule has 2 heterocycles. The van der Waals surface area contributed by atoms with Crippen molar-refractivity contribution in [1.82, 2.24) is 10.2 Å². The minimum atomic E-state index is 0. The lowest BCUT2D eigenvalue weighted by Crippen LogP contribution is -2.46. The van der Waals surface area contributed by atoms with E-state index in [4.69, 9.17) is 0 Å². The molecule has 2 aliphatic heterocycles. The van der Waals surface area contributed by atoms with E-state index >= 15 is 0 Å². The number of nitrogens with one attached hydrogen (secondary N) is 1. The molecule has 2 aliphatic rings. The maximum absolute atomic E-state index is 12.3. The van der Waals surface area contributed by atoms with Crippen molar-refractivity contribution in [3.8, 4) is 0 Å². The Hall–Kier alpha value is -0.280. The van der Waals surface area contributed by atoms with Crippen LogP contribution < -0.4 is 5.32 Å². The summed E-state index contributed by atoms with van der Waals surface area (Å²) >= 11 is 0. The highest BCUT2D eigenvalue weighted by Gasteiger charge is 2.35. The van der Waals surface area contributed by atoms with E-state index in [9.17, 15) is 4.79 Å². The first-order chi connectivity index (χ1) is 7.20. The molecular formula is C12H23ClN2O. The van der Waals surface area contributed by atoms with Crippen LogP contribution in [0.25, 0.3) is 0 Å². The molecule has 0 aromatic rings. The molecule has 0 aromatic carbocycles. The summed E-state index contributed by atoms with van der Waals surface area (Å²) in [7, 11) is 0. The van der Waals surface area contributed by atoms with Gasteiger partial charge in [-0.3, -0.25) is 4.79 Å². The molecule has 0 radical (unpaired) electrons. The lowest BCUT2D eigenvalue weighted by atomic mass is 9.97. The van der Waals surface area contributed by atoms with Crippen LogP contribution in [-0.4, -0.2) is 36.0 Å². The Balaban J connectivity index is 0.00000128. The smallest absolute Gasteiger partial charge is 0.227 e. The van der Waals surface area contributed by atoms with E-state index in [-0.39, 0.29) is 18.3 Å². The average molecular weight is 247 g/mol. The molecule has 1 N–H and O–H groups in total.